The first kappa shape index (κ1) is 14.7. The van der Waals surface area contributed by atoms with Gasteiger partial charge in [-0.05, 0) is 65.1 Å². The molecule has 0 saturated heterocycles. The minimum Gasteiger partial charge on any atom is -0.280 e. The van der Waals surface area contributed by atoms with Crippen LogP contribution in [-0.2, 0) is 10.0 Å². The Morgan fingerprint density at radius 3 is 2.32 bits per heavy atom. The maximum absolute atomic E-state index is 13.7. The Hall–Kier alpha value is -0.670. The van der Waals surface area contributed by atoms with Crippen molar-refractivity contribution in [3.63, 3.8) is 0 Å². The molecule has 2 rings (SSSR count). The Kier molecular flexibility index (Phi) is 4.46. The van der Waals surface area contributed by atoms with E-state index in [-0.39, 0.29) is 4.90 Å². The Morgan fingerprint density at radius 1 is 1.11 bits per heavy atom. The SMILES string of the molecule is O=S(=O)(Nc1ccc(I)cc1)c1ccc(Br)cc1F. The summed E-state index contributed by atoms with van der Waals surface area (Å²) in [6.07, 6.45) is 0. The topological polar surface area (TPSA) is 46.2 Å². The predicted octanol–water partition coefficient (Wildman–Crippen LogP) is 3.99. The molecule has 0 fully saturated rings. The summed E-state index contributed by atoms with van der Waals surface area (Å²) in [5.41, 5.74) is 0.391. The predicted molar refractivity (Wildman–Crippen MR) is 84.1 cm³/mol. The number of anilines is 1. The van der Waals surface area contributed by atoms with Crippen LogP contribution in [0.3, 0.4) is 0 Å². The molecule has 0 aliphatic rings. The zero-order chi connectivity index (χ0) is 14.0. The zero-order valence-electron chi connectivity index (χ0n) is 9.40. The van der Waals surface area contributed by atoms with Crippen LogP contribution < -0.4 is 4.72 Å². The van der Waals surface area contributed by atoms with Gasteiger partial charge in [-0.1, -0.05) is 15.9 Å². The van der Waals surface area contributed by atoms with Crippen LogP contribution in [0.2, 0.25) is 0 Å². The lowest BCUT2D eigenvalue weighted by Crippen LogP contribution is -2.14. The van der Waals surface area contributed by atoms with Crippen LogP contribution >= 0.6 is 38.5 Å². The highest BCUT2D eigenvalue weighted by Gasteiger charge is 2.19. The van der Waals surface area contributed by atoms with Crippen molar-refractivity contribution in [2.75, 3.05) is 4.72 Å². The van der Waals surface area contributed by atoms with E-state index < -0.39 is 15.8 Å². The van der Waals surface area contributed by atoms with Crippen molar-refractivity contribution in [2.45, 2.75) is 4.90 Å². The normalized spacial score (nSPS) is 11.3. The van der Waals surface area contributed by atoms with Gasteiger partial charge in [-0.15, -0.1) is 0 Å². The molecule has 2 aromatic rings. The molecule has 0 amide bonds. The van der Waals surface area contributed by atoms with Gasteiger partial charge >= 0.3 is 0 Å². The van der Waals surface area contributed by atoms with Crippen molar-refractivity contribution in [3.8, 4) is 0 Å². The molecule has 1 N–H and O–H groups in total. The fourth-order valence-corrected chi connectivity index (χ4v) is 3.23. The summed E-state index contributed by atoms with van der Waals surface area (Å²) in [5.74, 6) is -0.799. The average molecular weight is 456 g/mol. The van der Waals surface area contributed by atoms with Gasteiger partial charge in [-0.25, -0.2) is 12.8 Å². The van der Waals surface area contributed by atoms with Gasteiger partial charge < -0.3 is 0 Å². The molecule has 100 valence electrons. The third kappa shape index (κ3) is 3.67. The molecular formula is C12H8BrFINO2S. The summed E-state index contributed by atoms with van der Waals surface area (Å²) in [6, 6.07) is 10.6. The number of sulfonamides is 1. The fourth-order valence-electron chi connectivity index (χ4n) is 1.42. The van der Waals surface area contributed by atoms with Gasteiger partial charge in [0.15, 0.2) is 0 Å². The van der Waals surface area contributed by atoms with Gasteiger partial charge in [0, 0.05) is 13.7 Å². The molecule has 7 heteroatoms. The number of halogens is 3. The van der Waals surface area contributed by atoms with E-state index in [9.17, 15) is 12.8 Å². The molecule has 0 atom stereocenters. The van der Waals surface area contributed by atoms with Crippen molar-refractivity contribution in [2.24, 2.45) is 0 Å². The minimum absolute atomic E-state index is 0.380. The summed E-state index contributed by atoms with van der Waals surface area (Å²) < 4.78 is 41.6. The third-order valence-electron chi connectivity index (χ3n) is 2.28. The van der Waals surface area contributed by atoms with Crippen LogP contribution in [0.15, 0.2) is 51.8 Å². The van der Waals surface area contributed by atoms with Crippen molar-refractivity contribution in [1.82, 2.24) is 0 Å². The average Bonchev–Trinajstić information content (AvgIpc) is 2.31. The lowest BCUT2D eigenvalue weighted by Gasteiger charge is -2.09. The highest BCUT2D eigenvalue weighted by molar-refractivity contribution is 14.1. The molecule has 0 unspecified atom stereocenters. The van der Waals surface area contributed by atoms with Crippen LogP contribution in [0.5, 0.6) is 0 Å². The molecule has 0 spiro atoms. The summed E-state index contributed by atoms with van der Waals surface area (Å²) in [5, 5.41) is 0. The smallest absolute Gasteiger partial charge is 0.264 e. The van der Waals surface area contributed by atoms with Crippen molar-refractivity contribution < 1.29 is 12.8 Å². The number of hydrogen-bond acceptors (Lipinski definition) is 2. The summed E-state index contributed by atoms with van der Waals surface area (Å²) >= 11 is 5.19. The highest BCUT2D eigenvalue weighted by Crippen LogP contribution is 2.22. The first-order chi connectivity index (χ1) is 8.88. The quantitative estimate of drug-likeness (QED) is 0.711. The molecule has 0 aliphatic carbocycles. The van der Waals surface area contributed by atoms with E-state index in [0.717, 1.165) is 9.64 Å². The molecule has 0 bridgehead atoms. The monoisotopic (exact) mass is 455 g/mol. The van der Waals surface area contributed by atoms with Crippen LogP contribution in [0.1, 0.15) is 0 Å². The number of benzene rings is 2. The molecule has 0 radical (unpaired) electrons. The van der Waals surface area contributed by atoms with E-state index in [1.165, 1.54) is 12.1 Å². The maximum Gasteiger partial charge on any atom is 0.264 e. The van der Waals surface area contributed by atoms with Crippen molar-refractivity contribution >= 4 is 54.2 Å². The molecule has 0 aliphatic heterocycles. The van der Waals surface area contributed by atoms with Crippen LogP contribution in [0.4, 0.5) is 10.1 Å². The molecule has 2 aromatic carbocycles. The van der Waals surface area contributed by atoms with Gasteiger partial charge in [0.25, 0.3) is 10.0 Å². The van der Waals surface area contributed by atoms with E-state index in [4.69, 9.17) is 0 Å². The van der Waals surface area contributed by atoms with Gasteiger partial charge in [0.05, 0.1) is 0 Å². The summed E-state index contributed by atoms with van der Waals surface area (Å²) in [4.78, 5) is -0.380. The van der Waals surface area contributed by atoms with Gasteiger partial charge in [-0.2, -0.15) is 0 Å². The first-order valence-electron chi connectivity index (χ1n) is 5.12. The van der Waals surface area contributed by atoms with E-state index in [0.29, 0.717) is 10.2 Å². The highest BCUT2D eigenvalue weighted by atomic mass is 127. The molecule has 0 heterocycles. The fraction of sp³-hybridized carbons (Fsp3) is 0. The molecule has 19 heavy (non-hydrogen) atoms. The van der Waals surface area contributed by atoms with E-state index >= 15 is 0 Å². The van der Waals surface area contributed by atoms with Crippen LogP contribution in [-0.4, -0.2) is 8.42 Å². The Labute approximate surface area is 132 Å². The molecule has 0 aromatic heterocycles. The Bertz CT molecular complexity index is 704. The lowest BCUT2D eigenvalue weighted by atomic mass is 10.3. The van der Waals surface area contributed by atoms with Gasteiger partial charge in [0.1, 0.15) is 10.7 Å². The minimum atomic E-state index is -3.92. The molecule has 0 saturated carbocycles. The first-order valence-corrected chi connectivity index (χ1v) is 8.47. The van der Waals surface area contributed by atoms with Crippen LogP contribution in [0.25, 0.3) is 0 Å². The van der Waals surface area contributed by atoms with Gasteiger partial charge in [0.2, 0.25) is 0 Å². The second kappa shape index (κ2) is 5.76. The number of nitrogens with one attached hydrogen (secondary N) is 1. The third-order valence-corrected chi connectivity index (χ3v) is 4.91. The molecule has 3 nitrogen and oxygen atoms in total. The lowest BCUT2D eigenvalue weighted by molar-refractivity contribution is 0.570. The zero-order valence-corrected chi connectivity index (χ0v) is 14.0. The van der Waals surface area contributed by atoms with E-state index in [2.05, 4.69) is 43.2 Å². The Balaban J connectivity index is 2.35. The van der Waals surface area contributed by atoms with E-state index in [1.54, 1.807) is 24.3 Å². The summed E-state index contributed by atoms with van der Waals surface area (Å²) in [6.45, 7) is 0. The van der Waals surface area contributed by atoms with E-state index in [1.807, 2.05) is 0 Å². The standard InChI is InChI=1S/C12H8BrFINO2S/c13-8-1-6-12(11(14)7-8)19(17,18)16-10-4-2-9(15)3-5-10/h1-7,16H. The number of hydrogen-bond donors (Lipinski definition) is 1. The largest absolute Gasteiger partial charge is 0.280 e. The maximum atomic E-state index is 13.7. The van der Waals surface area contributed by atoms with Crippen molar-refractivity contribution in [3.05, 3.63) is 56.3 Å². The summed E-state index contributed by atoms with van der Waals surface area (Å²) in [7, 11) is -3.92. The number of rotatable bonds is 3. The van der Waals surface area contributed by atoms with Gasteiger partial charge in [-0.3, -0.25) is 4.72 Å². The van der Waals surface area contributed by atoms with Crippen molar-refractivity contribution in [1.29, 1.82) is 0 Å². The second-order valence-corrected chi connectivity index (χ2v) is 7.50. The second-order valence-electron chi connectivity index (χ2n) is 3.69. The molecular weight excluding hydrogens is 448 g/mol. The van der Waals surface area contributed by atoms with Crippen LogP contribution in [0, 0.1) is 9.39 Å². The Morgan fingerprint density at radius 2 is 1.74 bits per heavy atom.